The third-order valence-electron chi connectivity index (χ3n) is 3.23. The summed E-state index contributed by atoms with van der Waals surface area (Å²) in [5.74, 6) is 0. The van der Waals surface area contributed by atoms with Crippen molar-refractivity contribution in [2.24, 2.45) is 0 Å². The van der Waals surface area contributed by atoms with Crippen LogP contribution in [0.2, 0.25) is 5.02 Å². The molecule has 18 heavy (non-hydrogen) atoms. The topological polar surface area (TPSA) is 58.4 Å². The molecule has 98 valence electrons. The number of piperazine rings is 1. The quantitative estimate of drug-likeness (QED) is 0.662. The van der Waals surface area contributed by atoms with Gasteiger partial charge in [0.1, 0.15) is 0 Å². The fourth-order valence-corrected chi connectivity index (χ4v) is 2.53. The molecule has 2 rings (SSSR count). The van der Waals surface area contributed by atoms with Crippen LogP contribution in [0.5, 0.6) is 0 Å². The Morgan fingerprint density at radius 2 is 2.22 bits per heavy atom. The van der Waals surface area contributed by atoms with Gasteiger partial charge >= 0.3 is 0 Å². The lowest BCUT2D eigenvalue weighted by Gasteiger charge is -2.44. The van der Waals surface area contributed by atoms with Crippen molar-refractivity contribution in [3.8, 4) is 0 Å². The Morgan fingerprint density at radius 1 is 1.50 bits per heavy atom. The monoisotopic (exact) mass is 269 g/mol. The van der Waals surface area contributed by atoms with E-state index in [1.807, 2.05) is 0 Å². The van der Waals surface area contributed by atoms with E-state index in [2.05, 4.69) is 24.1 Å². The first-order valence-corrected chi connectivity index (χ1v) is 6.22. The first kappa shape index (κ1) is 13.1. The molecule has 0 aromatic heterocycles. The van der Waals surface area contributed by atoms with Crippen LogP contribution < -0.4 is 10.2 Å². The van der Waals surface area contributed by atoms with Crippen molar-refractivity contribution >= 4 is 23.0 Å². The Bertz CT molecular complexity index is 476. The minimum Gasteiger partial charge on any atom is -0.363 e. The maximum Gasteiger partial charge on any atom is 0.271 e. The van der Waals surface area contributed by atoms with E-state index in [0.29, 0.717) is 5.02 Å². The highest BCUT2D eigenvalue weighted by Crippen LogP contribution is 2.34. The maximum absolute atomic E-state index is 10.7. The van der Waals surface area contributed by atoms with Gasteiger partial charge < -0.3 is 10.2 Å². The molecule has 1 saturated heterocycles. The second-order valence-electron chi connectivity index (χ2n) is 5.03. The normalized spacial score (nSPS) is 18.7. The van der Waals surface area contributed by atoms with E-state index in [-0.39, 0.29) is 11.2 Å². The number of non-ortho nitro benzene ring substituents is 1. The fourth-order valence-electron chi connectivity index (χ4n) is 2.26. The summed E-state index contributed by atoms with van der Waals surface area (Å²) in [4.78, 5) is 12.4. The first-order valence-electron chi connectivity index (χ1n) is 5.84. The van der Waals surface area contributed by atoms with Crippen molar-refractivity contribution in [3.05, 3.63) is 33.3 Å². The van der Waals surface area contributed by atoms with Crippen LogP contribution in [0, 0.1) is 10.1 Å². The molecule has 1 aliphatic rings. The smallest absolute Gasteiger partial charge is 0.271 e. The third-order valence-corrected chi connectivity index (χ3v) is 3.54. The van der Waals surface area contributed by atoms with Gasteiger partial charge in [-0.15, -0.1) is 0 Å². The molecule has 1 fully saturated rings. The summed E-state index contributed by atoms with van der Waals surface area (Å²) in [6.07, 6.45) is 0. The molecule has 0 atom stereocenters. The molecule has 0 aliphatic carbocycles. The second kappa shape index (κ2) is 4.74. The van der Waals surface area contributed by atoms with E-state index in [9.17, 15) is 10.1 Å². The number of nitrogens with one attached hydrogen (secondary N) is 1. The van der Waals surface area contributed by atoms with Crippen LogP contribution >= 0.6 is 11.6 Å². The van der Waals surface area contributed by atoms with Crippen molar-refractivity contribution < 1.29 is 4.92 Å². The number of nitro groups is 1. The molecule has 0 amide bonds. The highest BCUT2D eigenvalue weighted by molar-refractivity contribution is 6.33. The average molecular weight is 270 g/mol. The van der Waals surface area contributed by atoms with Crippen LogP contribution in [0.1, 0.15) is 13.8 Å². The van der Waals surface area contributed by atoms with Crippen molar-refractivity contribution in [2.75, 3.05) is 24.5 Å². The number of rotatable bonds is 2. The molecule has 1 N–H and O–H groups in total. The van der Waals surface area contributed by atoms with Gasteiger partial charge in [0.05, 0.1) is 15.6 Å². The van der Waals surface area contributed by atoms with Crippen LogP contribution in [-0.2, 0) is 0 Å². The molecule has 0 bridgehead atoms. The third kappa shape index (κ3) is 2.42. The first-order chi connectivity index (χ1) is 8.42. The SMILES string of the molecule is CC1(C)CNCCN1c1ccc([N+](=O)[O-])cc1Cl. The molecule has 0 radical (unpaired) electrons. The number of benzene rings is 1. The number of halogens is 1. The standard InChI is InChI=1S/C12H16ClN3O2/c1-12(2)8-14-5-6-15(12)11-4-3-9(16(17)18)7-10(11)13/h3-4,7,14H,5-6,8H2,1-2H3. The molecule has 1 aromatic carbocycles. The van der Waals surface area contributed by atoms with Gasteiger partial charge in [-0.3, -0.25) is 10.1 Å². The second-order valence-corrected chi connectivity index (χ2v) is 5.44. The summed E-state index contributed by atoms with van der Waals surface area (Å²) >= 11 is 6.17. The van der Waals surface area contributed by atoms with Crippen molar-refractivity contribution in [2.45, 2.75) is 19.4 Å². The highest BCUT2D eigenvalue weighted by Gasteiger charge is 2.31. The van der Waals surface area contributed by atoms with E-state index < -0.39 is 4.92 Å². The highest BCUT2D eigenvalue weighted by atomic mass is 35.5. The molecule has 1 aromatic rings. The zero-order valence-electron chi connectivity index (χ0n) is 10.4. The average Bonchev–Trinajstić information content (AvgIpc) is 2.29. The van der Waals surface area contributed by atoms with Crippen LogP contribution in [0.4, 0.5) is 11.4 Å². The molecule has 5 nitrogen and oxygen atoms in total. The molecule has 1 heterocycles. The minimum absolute atomic E-state index is 0.0247. The molecule has 1 aliphatic heterocycles. The Balaban J connectivity index is 2.36. The summed E-state index contributed by atoms with van der Waals surface area (Å²) in [7, 11) is 0. The predicted molar refractivity (Wildman–Crippen MR) is 72.4 cm³/mol. The van der Waals surface area contributed by atoms with Crippen molar-refractivity contribution in [1.82, 2.24) is 5.32 Å². The van der Waals surface area contributed by atoms with Crippen LogP contribution in [0.15, 0.2) is 18.2 Å². The molecule has 0 saturated carbocycles. The van der Waals surface area contributed by atoms with E-state index >= 15 is 0 Å². The predicted octanol–water partition coefficient (Wildman–Crippen LogP) is 2.44. The number of hydrogen-bond donors (Lipinski definition) is 1. The van der Waals surface area contributed by atoms with Gasteiger partial charge in [0.15, 0.2) is 0 Å². The number of hydrogen-bond acceptors (Lipinski definition) is 4. The Kier molecular flexibility index (Phi) is 3.45. The zero-order chi connectivity index (χ0) is 13.3. The molecule has 0 unspecified atom stereocenters. The lowest BCUT2D eigenvalue weighted by atomic mass is 9.99. The summed E-state index contributed by atoms with van der Waals surface area (Å²) in [6, 6.07) is 4.64. The van der Waals surface area contributed by atoms with Gasteiger partial charge in [-0.05, 0) is 19.9 Å². The fraction of sp³-hybridized carbons (Fsp3) is 0.500. The van der Waals surface area contributed by atoms with Crippen LogP contribution in [0.25, 0.3) is 0 Å². The minimum atomic E-state index is -0.432. The molecular formula is C12H16ClN3O2. The summed E-state index contributed by atoms with van der Waals surface area (Å²) in [6.45, 7) is 6.83. The van der Waals surface area contributed by atoms with Gasteiger partial charge in [0, 0.05) is 37.3 Å². The van der Waals surface area contributed by atoms with E-state index in [4.69, 9.17) is 11.6 Å². The largest absolute Gasteiger partial charge is 0.363 e. The van der Waals surface area contributed by atoms with Crippen molar-refractivity contribution in [3.63, 3.8) is 0 Å². The van der Waals surface area contributed by atoms with E-state index in [0.717, 1.165) is 25.3 Å². The molecule has 6 heteroatoms. The number of nitro benzene ring substituents is 1. The molecule has 0 spiro atoms. The summed E-state index contributed by atoms with van der Waals surface area (Å²) in [5.41, 5.74) is 0.823. The van der Waals surface area contributed by atoms with Crippen LogP contribution in [0.3, 0.4) is 0 Å². The summed E-state index contributed by atoms with van der Waals surface area (Å²) < 4.78 is 0. The Labute approximate surface area is 111 Å². The van der Waals surface area contributed by atoms with Gasteiger partial charge in [-0.25, -0.2) is 0 Å². The molecular weight excluding hydrogens is 254 g/mol. The van der Waals surface area contributed by atoms with Crippen molar-refractivity contribution in [1.29, 1.82) is 0 Å². The zero-order valence-corrected chi connectivity index (χ0v) is 11.2. The number of anilines is 1. The number of nitrogens with zero attached hydrogens (tertiary/aromatic N) is 2. The Morgan fingerprint density at radius 3 is 2.78 bits per heavy atom. The van der Waals surface area contributed by atoms with Gasteiger partial charge in [-0.1, -0.05) is 11.6 Å². The van der Waals surface area contributed by atoms with Crippen LogP contribution in [-0.4, -0.2) is 30.1 Å². The maximum atomic E-state index is 10.7. The lowest BCUT2D eigenvalue weighted by molar-refractivity contribution is -0.384. The summed E-state index contributed by atoms with van der Waals surface area (Å²) in [5, 5.41) is 14.5. The lowest BCUT2D eigenvalue weighted by Crippen LogP contribution is -2.58. The van der Waals surface area contributed by atoms with Gasteiger partial charge in [0.2, 0.25) is 0 Å². The van der Waals surface area contributed by atoms with E-state index in [1.165, 1.54) is 12.1 Å². The van der Waals surface area contributed by atoms with Gasteiger partial charge in [-0.2, -0.15) is 0 Å². The van der Waals surface area contributed by atoms with E-state index in [1.54, 1.807) is 6.07 Å². The Hall–Kier alpha value is -1.33. The van der Waals surface area contributed by atoms with Gasteiger partial charge in [0.25, 0.3) is 5.69 Å².